The Morgan fingerprint density at radius 3 is 2.77 bits per heavy atom. The molecule has 0 unspecified atom stereocenters. The van der Waals surface area contributed by atoms with Gasteiger partial charge in [0.05, 0.1) is 6.10 Å². The molecule has 4 nitrogen and oxygen atoms in total. The van der Waals surface area contributed by atoms with Gasteiger partial charge in [0.1, 0.15) is 12.4 Å². The van der Waals surface area contributed by atoms with E-state index < -0.39 is 0 Å². The van der Waals surface area contributed by atoms with Crippen molar-refractivity contribution in [3.63, 3.8) is 0 Å². The zero-order valence-electron chi connectivity index (χ0n) is 14.4. The van der Waals surface area contributed by atoms with Gasteiger partial charge in [-0.05, 0) is 37.5 Å². The molecule has 128 valence electrons. The van der Waals surface area contributed by atoms with Gasteiger partial charge in [-0.3, -0.25) is 0 Å². The summed E-state index contributed by atoms with van der Waals surface area (Å²) in [5.74, 6) is 2.19. The zero-order valence-corrected chi connectivity index (χ0v) is 15.1. The minimum Gasteiger partial charge on any atom is -1.00 e. The molecule has 0 spiro atoms. The topological polar surface area (TPSA) is 27.3 Å². The molecule has 3 atom stereocenters. The molecular formula is C17H31ClN2O2. The molecule has 0 aliphatic heterocycles. The van der Waals surface area contributed by atoms with Crippen LogP contribution in [-0.2, 0) is 22.9 Å². The van der Waals surface area contributed by atoms with Crippen molar-refractivity contribution in [2.24, 2.45) is 17.8 Å². The van der Waals surface area contributed by atoms with Gasteiger partial charge in [-0.1, -0.05) is 27.2 Å². The average molecular weight is 331 g/mol. The summed E-state index contributed by atoms with van der Waals surface area (Å²) < 4.78 is 15.8. The van der Waals surface area contributed by atoms with Gasteiger partial charge < -0.3 is 21.9 Å². The summed E-state index contributed by atoms with van der Waals surface area (Å²) in [6.45, 7) is 11.0. The van der Waals surface area contributed by atoms with E-state index in [1.165, 1.54) is 19.3 Å². The fraction of sp³-hybridized carbons (Fsp3) is 0.824. The highest BCUT2D eigenvalue weighted by Crippen LogP contribution is 2.35. The van der Waals surface area contributed by atoms with Crippen molar-refractivity contribution >= 4 is 0 Å². The Morgan fingerprint density at radius 1 is 1.32 bits per heavy atom. The fourth-order valence-electron chi connectivity index (χ4n) is 3.28. The van der Waals surface area contributed by atoms with E-state index in [4.69, 9.17) is 9.47 Å². The molecule has 1 aliphatic carbocycles. The van der Waals surface area contributed by atoms with Crippen molar-refractivity contribution in [3.8, 4) is 0 Å². The molecule has 0 saturated heterocycles. The van der Waals surface area contributed by atoms with Gasteiger partial charge in [0, 0.05) is 6.61 Å². The molecule has 1 saturated carbocycles. The van der Waals surface area contributed by atoms with Crippen LogP contribution >= 0.6 is 0 Å². The predicted octanol–water partition coefficient (Wildman–Crippen LogP) is 0.209. The van der Waals surface area contributed by atoms with Crippen molar-refractivity contribution in [2.75, 3.05) is 6.61 Å². The number of imidazole rings is 1. The lowest BCUT2D eigenvalue weighted by atomic mass is 9.75. The van der Waals surface area contributed by atoms with E-state index in [-0.39, 0.29) is 12.4 Å². The number of nitrogens with zero attached hydrogens (tertiary/aromatic N) is 2. The SMILES string of the molecule is CCOC[n+]1ccn(CO[C@@H]2C[C@H](C)CC[C@H]2C(C)C)c1.[Cl-]. The summed E-state index contributed by atoms with van der Waals surface area (Å²) in [6.07, 6.45) is 10.4. The van der Waals surface area contributed by atoms with Crippen LogP contribution in [0.15, 0.2) is 18.7 Å². The lowest BCUT2D eigenvalue weighted by Gasteiger charge is -2.36. The van der Waals surface area contributed by atoms with Crippen molar-refractivity contribution in [1.29, 1.82) is 0 Å². The fourth-order valence-corrected chi connectivity index (χ4v) is 3.28. The van der Waals surface area contributed by atoms with Crippen LogP contribution in [0.1, 0.15) is 47.0 Å². The second kappa shape index (κ2) is 9.53. The first-order chi connectivity index (χ1) is 10.1. The van der Waals surface area contributed by atoms with E-state index in [1.807, 2.05) is 24.0 Å². The molecule has 0 aromatic carbocycles. The Balaban J connectivity index is 0.00000242. The first-order valence-corrected chi connectivity index (χ1v) is 8.34. The van der Waals surface area contributed by atoms with Gasteiger partial charge in [0.25, 0.3) is 0 Å². The van der Waals surface area contributed by atoms with Crippen LogP contribution in [0.25, 0.3) is 0 Å². The van der Waals surface area contributed by atoms with Crippen LogP contribution in [0.3, 0.4) is 0 Å². The highest BCUT2D eigenvalue weighted by atomic mass is 35.5. The van der Waals surface area contributed by atoms with Gasteiger partial charge in [-0.25, -0.2) is 9.13 Å². The molecular weight excluding hydrogens is 300 g/mol. The standard InChI is InChI=1S/C17H31N2O2.ClH/c1-5-20-12-18-8-9-19(11-18)13-21-17-10-15(4)6-7-16(17)14(2)3;/h8-9,11,14-17H,5-7,10,12-13H2,1-4H3;1H/q+1;/p-1/t15-,16+,17-;/m1./s1. The molecule has 2 rings (SSSR count). The Bertz CT molecular complexity index is 423. The number of hydrogen-bond donors (Lipinski definition) is 0. The molecule has 0 amide bonds. The number of ether oxygens (including phenoxy) is 2. The third-order valence-electron chi connectivity index (χ3n) is 4.59. The molecule has 0 bridgehead atoms. The quantitative estimate of drug-likeness (QED) is 0.668. The van der Waals surface area contributed by atoms with Gasteiger partial charge in [-0.15, -0.1) is 0 Å². The summed E-state index contributed by atoms with van der Waals surface area (Å²) >= 11 is 0. The molecule has 1 heterocycles. The third kappa shape index (κ3) is 5.56. The van der Waals surface area contributed by atoms with Gasteiger partial charge in [0.2, 0.25) is 6.33 Å². The molecule has 22 heavy (non-hydrogen) atoms. The second-order valence-corrected chi connectivity index (χ2v) is 6.72. The Kier molecular flexibility index (Phi) is 8.44. The average Bonchev–Trinajstić information content (AvgIpc) is 2.90. The van der Waals surface area contributed by atoms with Crippen molar-refractivity contribution in [1.82, 2.24) is 4.57 Å². The van der Waals surface area contributed by atoms with Crippen molar-refractivity contribution < 1.29 is 26.4 Å². The summed E-state index contributed by atoms with van der Waals surface area (Å²) in [5.41, 5.74) is 0. The highest BCUT2D eigenvalue weighted by molar-refractivity contribution is 4.81. The maximum Gasteiger partial charge on any atom is 0.247 e. The van der Waals surface area contributed by atoms with Crippen molar-refractivity contribution in [2.45, 2.75) is 66.5 Å². The van der Waals surface area contributed by atoms with Crippen LogP contribution in [0, 0.1) is 17.8 Å². The number of aromatic nitrogens is 2. The van der Waals surface area contributed by atoms with Crippen LogP contribution in [0.5, 0.6) is 0 Å². The molecule has 1 fully saturated rings. The summed E-state index contributed by atoms with van der Waals surface area (Å²) in [5, 5.41) is 0. The predicted molar refractivity (Wildman–Crippen MR) is 82.5 cm³/mol. The number of rotatable bonds is 7. The van der Waals surface area contributed by atoms with E-state index >= 15 is 0 Å². The molecule has 5 heteroatoms. The Hall–Kier alpha value is -0.580. The number of hydrogen-bond acceptors (Lipinski definition) is 2. The van der Waals surface area contributed by atoms with E-state index in [2.05, 4.69) is 31.5 Å². The van der Waals surface area contributed by atoms with E-state index in [0.717, 1.165) is 12.5 Å². The first kappa shape index (κ1) is 19.5. The lowest BCUT2D eigenvalue weighted by Crippen LogP contribution is -3.00. The van der Waals surface area contributed by atoms with Gasteiger partial charge in [-0.2, -0.15) is 0 Å². The maximum absolute atomic E-state index is 6.24. The van der Waals surface area contributed by atoms with Crippen LogP contribution in [0.2, 0.25) is 0 Å². The highest BCUT2D eigenvalue weighted by Gasteiger charge is 2.31. The van der Waals surface area contributed by atoms with E-state index in [1.54, 1.807) is 0 Å². The molecule has 0 N–H and O–H groups in total. The van der Waals surface area contributed by atoms with Crippen molar-refractivity contribution in [3.05, 3.63) is 18.7 Å². The second-order valence-electron chi connectivity index (χ2n) is 6.72. The largest absolute Gasteiger partial charge is 1.00 e. The minimum absolute atomic E-state index is 0. The smallest absolute Gasteiger partial charge is 0.247 e. The molecule has 1 aromatic heterocycles. The maximum atomic E-state index is 6.24. The monoisotopic (exact) mass is 330 g/mol. The zero-order chi connectivity index (χ0) is 15.2. The van der Waals surface area contributed by atoms with E-state index in [0.29, 0.717) is 31.4 Å². The van der Waals surface area contributed by atoms with Gasteiger partial charge in [0.15, 0.2) is 13.5 Å². The summed E-state index contributed by atoms with van der Waals surface area (Å²) in [6, 6.07) is 0. The van der Waals surface area contributed by atoms with Crippen LogP contribution in [-0.4, -0.2) is 17.3 Å². The number of halogens is 1. The molecule has 1 aliphatic rings. The molecule has 0 radical (unpaired) electrons. The van der Waals surface area contributed by atoms with E-state index in [9.17, 15) is 0 Å². The van der Waals surface area contributed by atoms with Crippen LogP contribution < -0.4 is 17.0 Å². The third-order valence-corrected chi connectivity index (χ3v) is 4.59. The Labute approximate surface area is 141 Å². The van der Waals surface area contributed by atoms with Crippen LogP contribution in [0.4, 0.5) is 0 Å². The lowest BCUT2D eigenvalue weighted by molar-refractivity contribution is -0.732. The summed E-state index contributed by atoms with van der Waals surface area (Å²) in [4.78, 5) is 0. The summed E-state index contributed by atoms with van der Waals surface area (Å²) in [7, 11) is 0. The van der Waals surface area contributed by atoms with Gasteiger partial charge >= 0.3 is 0 Å². The molecule has 1 aromatic rings. The Morgan fingerprint density at radius 2 is 2.09 bits per heavy atom. The first-order valence-electron chi connectivity index (χ1n) is 8.34. The minimum atomic E-state index is 0. The normalized spacial score (nSPS) is 25.2.